The zero-order valence-electron chi connectivity index (χ0n) is 13.6. The van der Waals surface area contributed by atoms with Crippen LogP contribution in [0.5, 0.6) is 0 Å². The average molecular weight is 368 g/mol. The van der Waals surface area contributed by atoms with Gasteiger partial charge in [-0.2, -0.15) is 4.31 Å². The second-order valence-corrected chi connectivity index (χ2v) is 7.23. The lowest BCUT2D eigenvalue weighted by atomic mass is 10.2. The van der Waals surface area contributed by atoms with Crippen molar-refractivity contribution in [3.63, 3.8) is 0 Å². The molecule has 0 aliphatic heterocycles. The molecule has 25 heavy (non-hydrogen) atoms. The van der Waals surface area contributed by atoms with E-state index in [4.69, 9.17) is 0 Å². The third kappa shape index (κ3) is 5.07. The van der Waals surface area contributed by atoms with Crippen molar-refractivity contribution in [2.45, 2.75) is 18.4 Å². The summed E-state index contributed by atoms with van der Waals surface area (Å²) in [6, 6.07) is 10.0. The van der Waals surface area contributed by atoms with Crippen molar-refractivity contribution in [3.8, 4) is 0 Å². The van der Waals surface area contributed by atoms with Crippen molar-refractivity contribution >= 4 is 15.9 Å². The first kappa shape index (κ1) is 19.0. The first-order chi connectivity index (χ1) is 11.8. The van der Waals surface area contributed by atoms with E-state index in [9.17, 15) is 22.0 Å². The summed E-state index contributed by atoms with van der Waals surface area (Å²) < 4.78 is 51.8. The molecule has 0 aliphatic rings. The zero-order valence-corrected chi connectivity index (χ0v) is 14.4. The Hall–Kier alpha value is -2.32. The molecule has 2 aromatic carbocycles. The van der Waals surface area contributed by atoms with Gasteiger partial charge in [-0.1, -0.05) is 19.1 Å². The average Bonchev–Trinajstić information content (AvgIpc) is 2.59. The van der Waals surface area contributed by atoms with E-state index in [1.807, 2.05) is 0 Å². The van der Waals surface area contributed by atoms with Gasteiger partial charge in [0.15, 0.2) is 0 Å². The van der Waals surface area contributed by atoms with Crippen molar-refractivity contribution in [2.75, 3.05) is 13.1 Å². The monoisotopic (exact) mass is 368 g/mol. The van der Waals surface area contributed by atoms with E-state index in [2.05, 4.69) is 5.32 Å². The van der Waals surface area contributed by atoms with Gasteiger partial charge >= 0.3 is 0 Å². The van der Waals surface area contributed by atoms with Gasteiger partial charge in [0.05, 0.1) is 11.4 Å². The SMILES string of the molecule is CCN(CC(=O)NCc1ccc(F)cc1)S(=O)(=O)c1ccc(F)cc1. The summed E-state index contributed by atoms with van der Waals surface area (Å²) in [4.78, 5) is 12.0. The van der Waals surface area contributed by atoms with E-state index in [0.29, 0.717) is 5.56 Å². The molecule has 0 saturated carbocycles. The summed E-state index contributed by atoms with van der Waals surface area (Å²) in [7, 11) is -3.90. The van der Waals surface area contributed by atoms with Crippen molar-refractivity contribution in [3.05, 3.63) is 65.7 Å². The lowest BCUT2D eigenvalue weighted by Gasteiger charge is -2.20. The van der Waals surface area contributed by atoms with Crippen LogP contribution in [-0.4, -0.2) is 31.7 Å². The molecule has 0 fully saturated rings. The van der Waals surface area contributed by atoms with Crippen LogP contribution in [0.25, 0.3) is 0 Å². The van der Waals surface area contributed by atoms with Gasteiger partial charge in [0, 0.05) is 13.1 Å². The Morgan fingerprint density at radius 3 is 2.04 bits per heavy atom. The Kier molecular flexibility index (Phi) is 6.22. The number of amides is 1. The van der Waals surface area contributed by atoms with Crippen LogP contribution in [0.3, 0.4) is 0 Å². The molecule has 0 bridgehead atoms. The highest BCUT2D eigenvalue weighted by Gasteiger charge is 2.25. The number of halogens is 2. The minimum absolute atomic E-state index is 0.0814. The lowest BCUT2D eigenvalue weighted by molar-refractivity contribution is -0.121. The third-order valence-corrected chi connectivity index (χ3v) is 5.46. The van der Waals surface area contributed by atoms with Crippen molar-refractivity contribution in [2.24, 2.45) is 0 Å². The first-order valence-corrected chi connectivity index (χ1v) is 9.04. The van der Waals surface area contributed by atoms with Crippen LogP contribution in [0.1, 0.15) is 12.5 Å². The molecule has 8 heteroatoms. The Balaban J connectivity index is 2.01. The first-order valence-electron chi connectivity index (χ1n) is 7.60. The fraction of sp³-hybridized carbons (Fsp3) is 0.235. The van der Waals surface area contributed by atoms with Crippen LogP contribution < -0.4 is 5.32 Å². The molecule has 134 valence electrons. The summed E-state index contributed by atoms with van der Waals surface area (Å²) in [5.41, 5.74) is 0.694. The van der Waals surface area contributed by atoms with Crippen LogP contribution in [-0.2, 0) is 21.4 Å². The van der Waals surface area contributed by atoms with E-state index in [0.717, 1.165) is 28.6 Å². The van der Waals surface area contributed by atoms with Gasteiger partial charge < -0.3 is 5.32 Å². The number of hydrogen-bond acceptors (Lipinski definition) is 3. The van der Waals surface area contributed by atoms with Gasteiger partial charge in [0.2, 0.25) is 15.9 Å². The number of sulfonamides is 1. The fourth-order valence-corrected chi connectivity index (χ4v) is 3.55. The molecule has 1 N–H and O–H groups in total. The van der Waals surface area contributed by atoms with E-state index in [1.165, 1.54) is 24.3 Å². The Bertz CT molecular complexity index is 822. The van der Waals surface area contributed by atoms with Crippen molar-refractivity contribution in [1.29, 1.82) is 0 Å². The maximum atomic E-state index is 13.0. The minimum Gasteiger partial charge on any atom is -0.351 e. The fourth-order valence-electron chi connectivity index (χ4n) is 2.14. The Morgan fingerprint density at radius 1 is 1.00 bits per heavy atom. The van der Waals surface area contributed by atoms with Crippen LogP contribution in [0.15, 0.2) is 53.4 Å². The number of rotatable bonds is 7. The maximum Gasteiger partial charge on any atom is 0.243 e. The lowest BCUT2D eigenvalue weighted by Crippen LogP contribution is -2.40. The minimum atomic E-state index is -3.90. The summed E-state index contributed by atoms with van der Waals surface area (Å²) in [6.07, 6.45) is 0. The van der Waals surface area contributed by atoms with Gasteiger partial charge in [-0.15, -0.1) is 0 Å². The predicted molar refractivity (Wildman–Crippen MR) is 89.1 cm³/mol. The quantitative estimate of drug-likeness (QED) is 0.815. The molecular formula is C17H18F2N2O3S. The normalized spacial score (nSPS) is 11.5. The molecule has 0 heterocycles. The number of likely N-dealkylation sites (N-methyl/N-ethyl adjacent to an activating group) is 1. The molecule has 0 atom stereocenters. The molecule has 0 radical (unpaired) electrons. The second kappa shape index (κ2) is 8.17. The highest BCUT2D eigenvalue weighted by Crippen LogP contribution is 2.15. The Morgan fingerprint density at radius 2 is 1.52 bits per heavy atom. The van der Waals surface area contributed by atoms with Crippen LogP contribution in [0, 0.1) is 11.6 Å². The largest absolute Gasteiger partial charge is 0.351 e. The summed E-state index contributed by atoms with van der Waals surface area (Å²) >= 11 is 0. The highest BCUT2D eigenvalue weighted by molar-refractivity contribution is 7.89. The van der Waals surface area contributed by atoms with Gasteiger partial charge in [0.25, 0.3) is 0 Å². The maximum absolute atomic E-state index is 13.0. The van der Waals surface area contributed by atoms with E-state index < -0.39 is 21.7 Å². The van der Waals surface area contributed by atoms with Gasteiger partial charge in [0.1, 0.15) is 11.6 Å². The molecule has 0 aromatic heterocycles. The summed E-state index contributed by atoms with van der Waals surface area (Å²) in [6.45, 7) is 1.49. The summed E-state index contributed by atoms with van der Waals surface area (Å²) in [5.74, 6) is -1.41. The zero-order chi connectivity index (χ0) is 18.4. The molecule has 5 nitrogen and oxygen atoms in total. The molecule has 1 amide bonds. The molecular weight excluding hydrogens is 350 g/mol. The smallest absolute Gasteiger partial charge is 0.243 e. The highest BCUT2D eigenvalue weighted by atomic mass is 32.2. The molecule has 0 saturated heterocycles. The van der Waals surface area contributed by atoms with Crippen LogP contribution >= 0.6 is 0 Å². The Labute approximate surface area is 145 Å². The topological polar surface area (TPSA) is 66.5 Å². The van der Waals surface area contributed by atoms with Crippen molar-refractivity contribution < 1.29 is 22.0 Å². The van der Waals surface area contributed by atoms with Crippen LogP contribution in [0.2, 0.25) is 0 Å². The number of nitrogens with zero attached hydrogens (tertiary/aromatic N) is 1. The predicted octanol–water partition coefficient (Wildman–Crippen LogP) is 2.29. The van der Waals surface area contributed by atoms with Gasteiger partial charge in [-0.25, -0.2) is 17.2 Å². The number of carbonyl (C=O) groups is 1. The number of nitrogens with one attached hydrogen (secondary N) is 1. The number of hydrogen-bond donors (Lipinski definition) is 1. The molecule has 2 aromatic rings. The van der Waals surface area contributed by atoms with E-state index in [1.54, 1.807) is 6.92 Å². The van der Waals surface area contributed by atoms with E-state index in [-0.39, 0.29) is 30.3 Å². The number of carbonyl (C=O) groups excluding carboxylic acids is 1. The molecule has 0 unspecified atom stereocenters. The summed E-state index contributed by atoms with van der Waals surface area (Å²) in [5, 5.41) is 2.59. The molecule has 2 rings (SSSR count). The standard InChI is InChI=1S/C17H18F2N2O3S/c1-2-21(25(23,24)16-9-7-15(19)8-10-16)12-17(22)20-11-13-3-5-14(18)6-4-13/h3-10H,2,11-12H2,1H3,(H,20,22). The second-order valence-electron chi connectivity index (χ2n) is 5.29. The van der Waals surface area contributed by atoms with Crippen molar-refractivity contribution in [1.82, 2.24) is 9.62 Å². The number of benzene rings is 2. The third-order valence-electron chi connectivity index (χ3n) is 3.53. The molecule has 0 spiro atoms. The molecule has 0 aliphatic carbocycles. The van der Waals surface area contributed by atoms with Crippen LogP contribution in [0.4, 0.5) is 8.78 Å². The van der Waals surface area contributed by atoms with Gasteiger partial charge in [-0.3, -0.25) is 4.79 Å². The van der Waals surface area contributed by atoms with E-state index >= 15 is 0 Å². The van der Waals surface area contributed by atoms with Gasteiger partial charge in [-0.05, 0) is 42.0 Å².